The molecule has 1 aromatic carbocycles. The molecule has 1 aromatic rings. The van der Waals surface area contributed by atoms with E-state index in [0.29, 0.717) is 25.7 Å². The van der Waals surface area contributed by atoms with Gasteiger partial charge in [0.05, 0.1) is 0 Å². The number of aryl methyl sites for hydroxylation is 1. The molecule has 32 heavy (non-hydrogen) atoms. The second kappa shape index (κ2) is 15.5. The number of esters is 1. The van der Waals surface area contributed by atoms with E-state index in [0.717, 1.165) is 24.8 Å². The van der Waals surface area contributed by atoms with Crippen LogP contribution in [0, 0.1) is 5.41 Å². The quantitative estimate of drug-likeness (QED) is 0.121. The van der Waals surface area contributed by atoms with Crippen LogP contribution in [0.25, 0.3) is 0 Å². The normalized spacial score (nSPS) is 12.8. The molecular weight excluding hydrogens is 475 g/mol. The van der Waals surface area contributed by atoms with E-state index in [2.05, 4.69) is 0 Å². The van der Waals surface area contributed by atoms with Gasteiger partial charge in [-0.2, -0.15) is 0 Å². The Morgan fingerprint density at radius 1 is 1.06 bits per heavy atom. The van der Waals surface area contributed by atoms with Crippen molar-refractivity contribution in [3.05, 3.63) is 35.9 Å². The van der Waals surface area contributed by atoms with Gasteiger partial charge in [0, 0.05) is 0 Å². The molecule has 3 unspecified atom stereocenters. The first-order valence-electron chi connectivity index (χ1n) is 11.0. The number of amidine groups is 1. The number of benzene rings is 1. The van der Waals surface area contributed by atoms with Crippen molar-refractivity contribution in [3.8, 4) is 0 Å². The molecule has 1 rings (SSSR count). The van der Waals surface area contributed by atoms with Gasteiger partial charge < -0.3 is 0 Å². The van der Waals surface area contributed by atoms with Crippen molar-refractivity contribution in [2.24, 2.45) is 0 Å². The summed E-state index contributed by atoms with van der Waals surface area (Å²) in [5.74, 6) is -1.44. The number of likely N-dealkylation sites (N-methyl/N-ethyl adjacent to an activating group) is 1. The summed E-state index contributed by atoms with van der Waals surface area (Å²) in [6, 6.07) is 9.00. The summed E-state index contributed by atoms with van der Waals surface area (Å²) in [7, 11) is 1.52. The zero-order valence-corrected chi connectivity index (χ0v) is 21.2. The number of carboxylic acid groups (broad SMARTS) is 1. The molecule has 0 fully saturated rings. The predicted molar refractivity (Wildman–Crippen MR) is 124 cm³/mol. The molecule has 178 valence electrons. The van der Waals surface area contributed by atoms with E-state index >= 15 is 0 Å². The Morgan fingerprint density at radius 2 is 1.75 bits per heavy atom. The molecule has 0 bridgehead atoms. The van der Waals surface area contributed by atoms with Gasteiger partial charge in [0.25, 0.3) is 0 Å². The molecule has 0 radical (unpaired) electrons. The van der Waals surface area contributed by atoms with Crippen molar-refractivity contribution in [3.63, 3.8) is 0 Å². The molecule has 8 nitrogen and oxygen atoms in total. The Bertz CT molecular complexity index is 743. The summed E-state index contributed by atoms with van der Waals surface area (Å²) >= 11 is -1.69. The molecular formula is C23H35AsN2O6. The fourth-order valence-corrected chi connectivity index (χ4v) is 4.54. The van der Waals surface area contributed by atoms with Crippen LogP contribution >= 0.6 is 0 Å². The maximum atomic E-state index is 12.4. The van der Waals surface area contributed by atoms with E-state index in [4.69, 9.17) is 14.9 Å². The molecule has 0 aliphatic rings. The summed E-state index contributed by atoms with van der Waals surface area (Å²) in [4.78, 5) is 37.4. The topological polar surface area (TPSA) is 117 Å². The third-order valence-corrected chi connectivity index (χ3v) is 6.78. The van der Waals surface area contributed by atoms with Gasteiger partial charge in [-0.05, 0) is 0 Å². The third kappa shape index (κ3) is 10.8. The number of carboxylic acids is 1. The number of ether oxygens (including phenoxy) is 2. The Hall–Kier alpha value is -2.34. The van der Waals surface area contributed by atoms with Gasteiger partial charge in [-0.25, -0.2) is 0 Å². The number of carbonyl (C=O) groups excluding carboxylic acids is 2. The average Bonchev–Trinajstić information content (AvgIpc) is 2.74. The van der Waals surface area contributed by atoms with Crippen molar-refractivity contribution < 1.29 is 29.0 Å². The molecule has 0 aromatic heterocycles. The van der Waals surface area contributed by atoms with Crippen molar-refractivity contribution in [2.75, 3.05) is 7.05 Å². The summed E-state index contributed by atoms with van der Waals surface area (Å²) < 4.78 is 10.0. The maximum absolute atomic E-state index is 12.4. The van der Waals surface area contributed by atoms with Gasteiger partial charge in [0.15, 0.2) is 0 Å². The van der Waals surface area contributed by atoms with Crippen molar-refractivity contribution in [1.82, 2.24) is 4.90 Å². The zero-order valence-electron chi connectivity index (χ0n) is 19.1. The molecule has 0 amide bonds. The molecule has 0 heterocycles. The van der Waals surface area contributed by atoms with Gasteiger partial charge in [-0.15, -0.1) is 0 Å². The number of nitrogens with one attached hydrogen (secondary N) is 1. The van der Waals surface area contributed by atoms with Crippen LogP contribution in [-0.2, 0) is 25.5 Å². The van der Waals surface area contributed by atoms with E-state index in [-0.39, 0.29) is 11.0 Å². The van der Waals surface area contributed by atoms with Crippen molar-refractivity contribution in [2.45, 2.75) is 77.5 Å². The van der Waals surface area contributed by atoms with Crippen LogP contribution in [0.3, 0.4) is 0 Å². The number of rotatable bonds is 15. The minimum atomic E-state index is -1.69. The summed E-state index contributed by atoms with van der Waals surface area (Å²) in [5.41, 5.74) is 1.14. The standard InChI is InChI=1S/C23H35AsN2O6/c1-4-6-15-18(21(28)29)26(3)22(25)24-23(30)32-20(11-5-2)31-19(27)16-10-14-17-12-8-7-9-13-17/h7-9,12-13,18,20,24-25H,4-6,10-11,14-16H2,1-3H3,(H,28,29). The van der Waals surface area contributed by atoms with Crippen LogP contribution in [0.4, 0.5) is 4.79 Å². The fraction of sp³-hybridized carbons (Fsp3) is 0.565. The first-order valence-corrected chi connectivity index (χ1v) is 13.1. The second-order valence-electron chi connectivity index (χ2n) is 7.53. The predicted octanol–water partition coefficient (Wildman–Crippen LogP) is 3.76. The van der Waals surface area contributed by atoms with E-state index in [9.17, 15) is 19.5 Å². The summed E-state index contributed by atoms with van der Waals surface area (Å²) in [6.45, 7) is 3.85. The monoisotopic (exact) mass is 510 g/mol. The van der Waals surface area contributed by atoms with Gasteiger partial charge >= 0.3 is 197 Å². The number of hydrogen-bond acceptors (Lipinski definition) is 6. The third-order valence-electron chi connectivity index (χ3n) is 4.87. The molecule has 2 N–H and O–H groups in total. The number of aliphatic carboxylic acids is 1. The molecule has 3 atom stereocenters. The van der Waals surface area contributed by atoms with Gasteiger partial charge in [0.1, 0.15) is 0 Å². The Balaban J connectivity index is 2.51. The number of carbonyl (C=O) groups is 3. The van der Waals surface area contributed by atoms with Crippen LogP contribution < -0.4 is 0 Å². The molecule has 0 aliphatic carbocycles. The average molecular weight is 510 g/mol. The number of hydrogen-bond donors (Lipinski definition) is 2. The van der Waals surface area contributed by atoms with Gasteiger partial charge in [0.2, 0.25) is 0 Å². The van der Waals surface area contributed by atoms with Crippen molar-refractivity contribution in [1.29, 1.82) is 5.41 Å². The Labute approximate surface area is 196 Å². The van der Waals surface area contributed by atoms with E-state index in [1.165, 1.54) is 11.9 Å². The van der Waals surface area contributed by atoms with Crippen LogP contribution in [0.2, 0.25) is 0 Å². The van der Waals surface area contributed by atoms with Crippen LogP contribution in [0.1, 0.15) is 64.4 Å². The minimum absolute atomic E-state index is 0.0251. The van der Waals surface area contributed by atoms with E-state index < -0.39 is 44.8 Å². The summed E-state index contributed by atoms with van der Waals surface area (Å²) in [5, 5.41) is 17.6. The second-order valence-corrected chi connectivity index (χ2v) is 9.91. The van der Waals surface area contributed by atoms with E-state index in [1.807, 2.05) is 44.2 Å². The molecule has 0 saturated heterocycles. The van der Waals surface area contributed by atoms with Gasteiger partial charge in [-0.3, -0.25) is 0 Å². The zero-order chi connectivity index (χ0) is 23.9. The fourth-order valence-electron chi connectivity index (χ4n) is 3.03. The molecule has 0 saturated carbocycles. The first kappa shape index (κ1) is 27.7. The molecule has 0 aliphatic heterocycles. The number of nitrogens with zero attached hydrogens (tertiary/aromatic N) is 1. The van der Waals surface area contributed by atoms with Crippen LogP contribution in [0.15, 0.2) is 30.3 Å². The van der Waals surface area contributed by atoms with Gasteiger partial charge in [-0.1, -0.05) is 0 Å². The van der Waals surface area contributed by atoms with Crippen LogP contribution in [0.5, 0.6) is 0 Å². The Morgan fingerprint density at radius 3 is 2.34 bits per heavy atom. The number of unbranched alkanes of at least 4 members (excludes halogenated alkanes) is 1. The SMILES string of the molecule is CCCCC(C(=O)O)N(C)C(=N)[AsH]C(=O)OC(CCC)OC(=O)CCCc1ccccc1. The van der Waals surface area contributed by atoms with E-state index in [1.54, 1.807) is 0 Å². The first-order chi connectivity index (χ1) is 15.3. The Kier molecular flexibility index (Phi) is 13.4. The molecule has 9 heteroatoms. The van der Waals surface area contributed by atoms with Crippen molar-refractivity contribution >= 4 is 37.1 Å². The molecule has 0 spiro atoms. The van der Waals surface area contributed by atoms with Crippen LogP contribution in [-0.4, -0.2) is 66.5 Å². The summed E-state index contributed by atoms with van der Waals surface area (Å²) in [6.07, 6.45) is 3.64.